The molecule has 10 heteroatoms. The van der Waals surface area contributed by atoms with E-state index in [-0.39, 0.29) is 11.5 Å². The van der Waals surface area contributed by atoms with Crippen LogP contribution in [0, 0.1) is 10.1 Å². The van der Waals surface area contributed by atoms with Crippen molar-refractivity contribution in [3.63, 3.8) is 0 Å². The fraction of sp³-hybridized carbons (Fsp3) is 0.0625. The summed E-state index contributed by atoms with van der Waals surface area (Å²) in [7, 11) is 0. The lowest BCUT2D eigenvalue weighted by Crippen LogP contribution is -2.13. The Bertz CT molecular complexity index is 947. The van der Waals surface area contributed by atoms with Gasteiger partial charge in [-0.05, 0) is 29.1 Å². The summed E-state index contributed by atoms with van der Waals surface area (Å²) in [6.07, 6.45) is 2.52. The van der Waals surface area contributed by atoms with E-state index in [4.69, 9.17) is 10.6 Å². The average Bonchev–Trinajstić information content (AvgIpc) is 3.32. The minimum Gasteiger partial charge on any atom is -0.380 e. The maximum atomic E-state index is 12.0. The number of nitro groups is 1. The van der Waals surface area contributed by atoms with Crippen LogP contribution in [0.4, 0.5) is 5.69 Å². The van der Waals surface area contributed by atoms with Gasteiger partial charge in [0.1, 0.15) is 12.4 Å². The Morgan fingerprint density at radius 3 is 2.73 bits per heavy atom. The first-order valence-electron chi connectivity index (χ1n) is 7.37. The van der Waals surface area contributed by atoms with Gasteiger partial charge in [-0.3, -0.25) is 14.8 Å². The Balaban J connectivity index is 1.62. The van der Waals surface area contributed by atoms with E-state index >= 15 is 0 Å². The molecule has 3 aromatic rings. The molecule has 2 N–H and O–H groups in total. The van der Waals surface area contributed by atoms with E-state index in [9.17, 15) is 14.9 Å². The van der Waals surface area contributed by atoms with Crippen LogP contribution in [0.5, 0.6) is 0 Å². The highest BCUT2D eigenvalue weighted by molar-refractivity contribution is 7.12. The minimum atomic E-state index is -0.634. The van der Waals surface area contributed by atoms with Crippen LogP contribution >= 0.6 is 11.3 Å². The van der Waals surface area contributed by atoms with Gasteiger partial charge in [-0.1, -0.05) is 23.4 Å². The van der Waals surface area contributed by atoms with Crippen LogP contribution < -0.4 is 5.73 Å². The largest absolute Gasteiger partial charge is 0.380 e. The molecule has 0 radical (unpaired) electrons. The lowest BCUT2D eigenvalue weighted by molar-refractivity contribution is -0.385. The molecule has 9 nitrogen and oxygen atoms in total. The summed E-state index contributed by atoms with van der Waals surface area (Å²) >= 11 is 1.39. The van der Waals surface area contributed by atoms with Crippen LogP contribution in [-0.2, 0) is 11.4 Å². The monoisotopic (exact) mass is 371 g/mol. The Morgan fingerprint density at radius 1 is 1.35 bits per heavy atom. The molecule has 0 aliphatic rings. The van der Waals surface area contributed by atoms with Gasteiger partial charge in [0, 0.05) is 0 Å². The van der Waals surface area contributed by atoms with E-state index in [2.05, 4.69) is 10.3 Å². The SMILES string of the molecule is N/C(=N\OC(=O)c1ccc(Cn2cc([N+](=O)[O-])cn2)cc1)c1cccs1. The number of hydrogen-bond donors (Lipinski definition) is 1. The van der Waals surface area contributed by atoms with Crippen molar-refractivity contribution in [3.8, 4) is 0 Å². The van der Waals surface area contributed by atoms with Crippen LogP contribution in [0.1, 0.15) is 20.8 Å². The fourth-order valence-electron chi connectivity index (χ4n) is 2.08. The summed E-state index contributed by atoms with van der Waals surface area (Å²) in [4.78, 5) is 27.7. The maximum absolute atomic E-state index is 12.0. The number of nitrogens with zero attached hydrogens (tertiary/aromatic N) is 4. The van der Waals surface area contributed by atoms with E-state index in [1.54, 1.807) is 30.3 Å². The van der Waals surface area contributed by atoms with E-state index < -0.39 is 10.9 Å². The van der Waals surface area contributed by atoms with Gasteiger partial charge >= 0.3 is 11.7 Å². The second kappa shape index (κ2) is 7.57. The maximum Gasteiger partial charge on any atom is 0.365 e. The molecular weight excluding hydrogens is 358 g/mol. The summed E-state index contributed by atoms with van der Waals surface area (Å²) in [5.74, 6) is -0.504. The quantitative estimate of drug-likeness (QED) is 0.233. The molecule has 0 saturated heterocycles. The Labute approximate surface area is 151 Å². The standard InChI is InChI=1S/C16H13N5O4S/c17-15(14-2-1-7-26-14)19-25-16(22)12-5-3-11(4-6-12)9-20-10-13(8-18-20)21(23)24/h1-8,10H,9H2,(H2,17,19). The van der Waals surface area contributed by atoms with E-state index in [1.165, 1.54) is 28.4 Å². The lowest BCUT2D eigenvalue weighted by Gasteiger charge is -2.03. The van der Waals surface area contributed by atoms with Gasteiger partial charge in [-0.25, -0.2) is 4.79 Å². The molecule has 0 amide bonds. The second-order valence-corrected chi connectivity index (χ2v) is 6.13. The van der Waals surface area contributed by atoms with E-state index in [0.29, 0.717) is 17.0 Å². The number of benzene rings is 1. The van der Waals surface area contributed by atoms with Gasteiger partial charge in [0.15, 0.2) is 5.84 Å². The number of hydrogen-bond acceptors (Lipinski definition) is 7. The summed E-state index contributed by atoms with van der Waals surface area (Å²) in [5.41, 5.74) is 6.78. The Hall–Kier alpha value is -3.53. The molecule has 0 aliphatic heterocycles. The first kappa shape index (κ1) is 17.3. The second-order valence-electron chi connectivity index (χ2n) is 5.18. The summed E-state index contributed by atoms with van der Waals surface area (Å²) in [5, 5.41) is 20.0. The number of oxime groups is 1. The van der Waals surface area contributed by atoms with Crippen molar-refractivity contribution >= 4 is 28.8 Å². The predicted molar refractivity (Wildman–Crippen MR) is 94.9 cm³/mol. The van der Waals surface area contributed by atoms with Crippen molar-refractivity contribution in [1.29, 1.82) is 0 Å². The molecule has 2 aromatic heterocycles. The molecule has 0 fully saturated rings. The highest BCUT2D eigenvalue weighted by Crippen LogP contribution is 2.12. The van der Waals surface area contributed by atoms with Crippen LogP contribution in [0.15, 0.2) is 59.3 Å². The molecule has 0 unspecified atom stereocenters. The molecule has 0 saturated carbocycles. The topological polar surface area (TPSA) is 126 Å². The minimum absolute atomic E-state index is 0.0774. The molecule has 0 atom stereocenters. The molecule has 3 rings (SSSR count). The third kappa shape index (κ3) is 4.11. The Morgan fingerprint density at radius 2 is 2.12 bits per heavy atom. The first-order chi connectivity index (χ1) is 12.5. The van der Waals surface area contributed by atoms with Crippen LogP contribution in [0.2, 0.25) is 0 Å². The molecule has 0 aliphatic carbocycles. The van der Waals surface area contributed by atoms with Crippen molar-refractivity contribution in [2.75, 3.05) is 0 Å². The smallest absolute Gasteiger partial charge is 0.365 e. The van der Waals surface area contributed by atoms with Gasteiger partial charge in [0.2, 0.25) is 0 Å². The van der Waals surface area contributed by atoms with Crippen molar-refractivity contribution < 1.29 is 14.6 Å². The number of carbonyl (C=O) groups is 1. The summed E-state index contributed by atoms with van der Waals surface area (Å²) in [6.45, 7) is 0.340. The van der Waals surface area contributed by atoms with Crippen LogP contribution in [0.25, 0.3) is 0 Å². The summed E-state index contributed by atoms with van der Waals surface area (Å²) < 4.78 is 1.44. The number of rotatable bonds is 6. The summed E-state index contributed by atoms with van der Waals surface area (Å²) in [6, 6.07) is 10.1. The Kier molecular flexibility index (Phi) is 5.04. The lowest BCUT2D eigenvalue weighted by atomic mass is 10.1. The van der Waals surface area contributed by atoms with E-state index in [0.717, 1.165) is 5.56 Å². The van der Waals surface area contributed by atoms with Crippen molar-refractivity contribution in [2.24, 2.45) is 10.9 Å². The van der Waals surface area contributed by atoms with Crippen LogP contribution in [0.3, 0.4) is 0 Å². The van der Waals surface area contributed by atoms with Crippen molar-refractivity contribution in [1.82, 2.24) is 9.78 Å². The third-order valence-corrected chi connectivity index (χ3v) is 4.26. The van der Waals surface area contributed by atoms with Gasteiger partial charge in [-0.2, -0.15) is 5.10 Å². The zero-order valence-electron chi connectivity index (χ0n) is 13.3. The number of amidine groups is 1. The average molecular weight is 371 g/mol. The first-order valence-corrected chi connectivity index (χ1v) is 8.25. The molecule has 0 spiro atoms. The molecular formula is C16H13N5O4S. The number of carbonyl (C=O) groups excluding carboxylic acids is 1. The molecule has 132 valence electrons. The fourth-order valence-corrected chi connectivity index (χ4v) is 2.70. The van der Waals surface area contributed by atoms with Gasteiger partial charge in [0.25, 0.3) is 0 Å². The third-order valence-electron chi connectivity index (χ3n) is 3.37. The molecule has 1 aromatic carbocycles. The number of thiophene rings is 1. The van der Waals surface area contributed by atoms with Crippen LogP contribution in [-0.4, -0.2) is 26.5 Å². The van der Waals surface area contributed by atoms with Crippen molar-refractivity contribution in [2.45, 2.75) is 6.54 Å². The number of aromatic nitrogens is 2. The normalized spacial score (nSPS) is 11.3. The molecule has 2 heterocycles. The van der Waals surface area contributed by atoms with Gasteiger partial charge in [0.05, 0.1) is 21.9 Å². The van der Waals surface area contributed by atoms with Crippen molar-refractivity contribution in [3.05, 3.63) is 80.3 Å². The zero-order valence-corrected chi connectivity index (χ0v) is 14.1. The zero-order chi connectivity index (χ0) is 18.5. The van der Waals surface area contributed by atoms with Gasteiger partial charge in [-0.15, -0.1) is 11.3 Å². The van der Waals surface area contributed by atoms with E-state index in [1.807, 2.05) is 11.4 Å². The predicted octanol–water partition coefficient (Wildman–Crippen LogP) is 2.38. The highest BCUT2D eigenvalue weighted by atomic mass is 32.1. The highest BCUT2D eigenvalue weighted by Gasteiger charge is 2.11. The van der Waals surface area contributed by atoms with Gasteiger partial charge < -0.3 is 10.6 Å². The number of nitrogens with two attached hydrogens (primary N) is 1. The molecule has 0 bridgehead atoms. The molecule has 26 heavy (non-hydrogen) atoms.